The van der Waals surface area contributed by atoms with Gasteiger partial charge >= 0.3 is 0 Å². The van der Waals surface area contributed by atoms with Crippen LogP contribution in [0, 0.1) is 13.8 Å². The number of furan rings is 1. The van der Waals surface area contributed by atoms with Crippen molar-refractivity contribution in [3.63, 3.8) is 0 Å². The number of rotatable bonds is 6. The molecule has 0 aliphatic rings. The Morgan fingerprint density at radius 3 is 2.59 bits per heavy atom. The van der Waals surface area contributed by atoms with Crippen molar-refractivity contribution < 1.29 is 9.21 Å². The first-order chi connectivity index (χ1) is 8.10. The van der Waals surface area contributed by atoms with Gasteiger partial charge in [-0.25, -0.2) is 0 Å². The second-order valence-corrected chi connectivity index (χ2v) is 4.26. The fraction of sp³-hybridized carbons (Fsp3) is 0.615. The summed E-state index contributed by atoms with van der Waals surface area (Å²) in [6.45, 7) is 7.84. The molecule has 0 bridgehead atoms. The third kappa shape index (κ3) is 3.60. The highest BCUT2D eigenvalue weighted by Gasteiger charge is 2.19. The van der Waals surface area contributed by atoms with Crippen LogP contribution in [0.25, 0.3) is 0 Å². The smallest absolute Gasteiger partial charge is 0.257 e. The van der Waals surface area contributed by atoms with Gasteiger partial charge in [-0.1, -0.05) is 6.92 Å². The standard InChI is InChI=1S/C13H22N2O2/c1-4-7-15(8-5-6-14)13(16)12-9-10(2)17-11(12)3/h9H,4-8,14H2,1-3H3. The van der Waals surface area contributed by atoms with Crippen molar-refractivity contribution in [2.45, 2.75) is 33.6 Å². The Hall–Kier alpha value is -1.29. The first-order valence-electron chi connectivity index (χ1n) is 6.16. The molecule has 1 aromatic rings. The number of carbonyl (C=O) groups excluding carboxylic acids is 1. The van der Waals surface area contributed by atoms with Crippen LogP contribution in [-0.2, 0) is 0 Å². The molecule has 1 aromatic heterocycles. The number of amides is 1. The Balaban J connectivity index is 2.79. The van der Waals surface area contributed by atoms with Crippen LogP contribution in [0.3, 0.4) is 0 Å². The highest BCUT2D eigenvalue weighted by Crippen LogP contribution is 2.16. The van der Waals surface area contributed by atoms with Gasteiger partial charge in [0, 0.05) is 13.1 Å². The van der Waals surface area contributed by atoms with Crippen LogP contribution >= 0.6 is 0 Å². The Labute approximate surface area is 103 Å². The van der Waals surface area contributed by atoms with E-state index in [0.717, 1.165) is 25.1 Å². The minimum atomic E-state index is 0.0506. The molecular formula is C13H22N2O2. The predicted molar refractivity (Wildman–Crippen MR) is 68.0 cm³/mol. The molecule has 0 aliphatic carbocycles. The second kappa shape index (κ2) is 6.45. The zero-order chi connectivity index (χ0) is 12.8. The summed E-state index contributed by atoms with van der Waals surface area (Å²) in [5, 5.41) is 0. The van der Waals surface area contributed by atoms with Gasteiger partial charge in [0.25, 0.3) is 5.91 Å². The molecule has 1 rings (SSSR count). The Morgan fingerprint density at radius 2 is 2.12 bits per heavy atom. The largest absolute Gasteiger partial charge is 0.466 e. The van der Waals surface area contributed by atoms with E-state index < -0.39 is 0 Å². The number of nitrogens with zero attached hydrogens (tertiary/aromatic N) is 1. The summed E-state index contributed by atoms with van der Waals surface area (Å²) in [6, 6.07) is 1.81. The van der Waals surface area contributed by atoms with Gasteiger partial charge in [-0.3, -0.25) is 4.79 Å². The van der Waals surface area contributed by atoms with Crippen molar-refractivity contribution in [2.75, 3.05) is 19.6 Å². The molecule has 0 aliphatic heterocycles. The molecule has 0 atom stereocenters. The van der Waals surface area contributed by atoms with E-state index in [0.29, 0.717) is 24.4 Å². The van der Waals surface area contributed by atoms with Crippen LogP contribution in [0.15, 0.2) is 10.5 Å². The minimum Gasteiger partial charge on any atom is -0.466 e. The zero-order valence-electron chi connectivity index (χ0n) is 11.0. The van der Waals surface area contributed by atoms with E-state index >= 15 is 0 Å². The Bertz CT molecular complexity index is 371. The van der Waals surface area contributed by atoms with Crippen molar-refractivity contribution in [1.29, 1.82) is 0 Å². The third-order valence-electron chi connectivity index (χ3n) is 2.68. The molecule has 0 aromatic carbocycles. The van der Waals surface area contributed by atoms with Crippen LogP contribution in [0.5, 0.6) is 0 Å². The number of hydrogen-bond acceptors (Lipinski definition) is 3. The van der Waals surface area contributed by atoms with E-state index in [-0.39, 0.29) is 5.91 Å². The topological polar surface area (TPSA) is 59.5 Å². The molecule has 0 fully saturated rings. The minimum absolute atomic E-state index is 0.0506. The maximum absolute atomic E-state index is 12.3. The third-order valence-corrected chi connectivity index (χ3v) is 2.68. The van der Waals surface area contributed by atoms with Crippen LogP contribution in [-0.4, -0.2) is 30.4 Å². The van der Waals surface area contributed by atoms with Crippen molar-refractivity contribution in [3.8, 4) is 0 Å². The lowest BCUT2D eigenvalue weighted by Crippen LogP contribution is -2.33. The van der Waals surface area contributed by atoms with E-state index in [2.05, 4.69) is 6.92 Å². The van der Waals surface area contributed by atoms with Crippen molar-refractivity contribution in [3.05, 3.63) is 23.2 Å². The number of nitrogens with two attached hydrogens (primary N) is 1. The number of aryl methyl sites for hydroxylation is 2. The van der Waals surface area contributed by atoms with E-state index in [4.69, 9.17) is 10.2 Å². The van der Waals surface area contributed by atoms with Gasteiger partial charge in [0.2, 0.25) is 0 Å². The monoisotopic (exact) mass is 238 g/mol. The van der Waals surface area contributed by atoms with Crippen molar-refractivity contribution in [1.82, 2.24) is 4.90 Å². The molecule has 4 heteroatoms. The lowest BCUT2D eigenvalue weighted by atomic mass is 10.2. The van der Waals surface area contributed by atoms with Gasteiger partial charge in [-0.2, -0.15) is 0 Å². The van der Waals surface area contributed by atoms with Crippen LogP contribution in [0.2, 0.25) is 0 Å². The van der Waals surface area contributed by atoms with Gasteiger partial charge in [-0.15, -0.1) is 0 Å². The van der Waals surface area contributed by atoms with Gasteiger partial charge in [0.1, 0.15) is 11.5 Å². The fourth-order valence-corrected chi connectivity index (χ4v) is 1.88. The average Bonchev–Trinajstić information content (AvgIpc) is 2.63. The number of hydrogen-bond donors (Lipinski definition) is 1. The maximum atomic E-state index is 12.3. The summed E-state index contributed by atoms with van der Waals surface area (Å²) in [5.41, 5.74) is 6.16. The Kier molecular flexibility index (Phi) is 5.22. The van der Waals surface area contributed by atoms with Crippen LogP contribution in [0.4, 0.5) is 0 Å². The van der Waals surface area contributed by atoms with Gasteiger partial charge in [0.05, 0.1) is 5.56 Å². The molecule has 17 heavy (non-hydrogen) atoms. The Morgan fingerprint density at radius 1 is 1.41 bits per heavy atom. The fourth-order valence-electron chi connectivity index (χ4n) is 1.88. The lowest BCUT2D eigenvalue weighted by molar-refractivity contribution is 0.0753. The summed E-state index contributed by atoms with van der Waals surface area (Å²) < 4.78 is 5.40. The molecule has 0 unspecified atom stereocenters. The molecule has 0 saturated carbocycles. The van der Waals surface area contributed by atoms with Crippen molar-refractivity contribution >= 4 is 5.91 Å². The summed E-state index contributed by atoms with van der Waals surface area (Å²) in [5.74, 6) is 1.53. The SMILES string of the molecule is CCCN(CCCN)C(=O)c1cc(C)oc1C. The van der Waals surface area contributed by atoms with E-state index in [9.17, 15) is 4.79 Å². The zero-order valence-corrected chi connectivity index (χ0v) is 11.0. The summed E-state index contributed by atoms with van der Waals surface area (Å²) in [6.07, 6.45) is 1.79. The van der Waals surface area contributed by atoms with E-state index in [1.54, 1.807) is 0 Å². The predicted octanol–water partition coefficient (Wildman–Crippen LogP) is 2.10. The first kappa shape index (κ1) is 13.8. The van der Waals surface area contributed by atoms with Crippen LogP contribution in [0.1, 0.15) is 41.6 Å². The quantitative estimate of drug-likeness (QED) is 0.825. The highest BCUT2D eigenvalue weighted by molar-refractivity contribution is 5.95. The van der Waals surface area contributed by atoms with Gasteiger partial charge in [-0.05, 0) is 39.3 Å². The lowest BCUT2D eigenvalue weighted by Gasteiger charge is -2.21. The average molecular weight is 238 g/mol. The molecule has 1 heterocycles. The summed E-state index contributed by atoms with van der Waals surface area (Å²) in [4.78, 5) is 14.2. The van der Waals surface area contributed by atoms with Gasteiger partial charge in [0.15, 0.2) is 0 Å². The molecule has 0 radical (unpaired) electrons. The maximum Gasteiger partial charge on any atom is 0.257 e. The molecule has 4 nitrogen and oxygen atoms in total. The first-order valence-corrected chi connectivity index (χ1v) is 6.16. The molecule has 2 N–H and O–H groups in total. The highest BCUT2D eigenvalue weighted by atomic mass is 16.3. The summed E-state index contributed by atoms with van der Waals surface area (Å²) >= 11 is 0. The number of carbonyl (C=O) groups is 1. The van der Waals surface area contributed by atoms with Crippen LogP contribution < -0.4 is 5.73 Å². The normalized spacial score (nSPS) is 10.6. The molecule has 0 spiro atoms. The van der Waals surface area contributed by atoms with Gasteiger partial charge < -0.3 is 15.1 Å². The molecular weight excluding hydrogens is 216 g/mol. The van der Waals surface area contributed by atoms with Crippen molar-refractivity contribution in [2.24, 2.45) is 5.73 Å². The second-order valence-electron chi connectivity index (χ2n) is 4.26. The molecule has 1 amide bonds. The molecule has 96 valence electrons. The van der Waals surface area contributed by atoms with E-state index in [1.807, 2.05) is 24.8 Å². The molecule has 0 saturated heterocycles. The van der Waals surface area contributed by atoms with E-state index in [1.165, 1.54) is 0 Å². The summed E-state index contributed by atoms with van der Waals surface area (Å²) in [7, 11) is 0.